The molecule has 1 amide bonds. The third kappa shape index (κ3) is 3.98. The second-order valence-electron chi connectivity index (χ2n) is 5.28. The van der Waals surface area contributed by atoms with Gasteiger partial charge >= 0.3 is 0 Å². The molecule has 1 aromatic rings. The minimum atomic E-state index is -0.611. The second-order valence-corrected chi connectivity index (χ2v) is 5.28. The summed E-state index contributed by atoms with van der Waals surface area (Å²) in [5, 5.41) is 0. The van der Waals surface area contributed by atoms with Crippen molar-refractivity contribution >= 4 is 5.91 Å². The predicted molar refractivity (Wildman–Crippen MR) is 75.1 cm³/mol. The van der Waals surface area contributed by atoms with Gasteiger partial charge in [0, 0.05) is 39.3 Å². The molecule has 6 heteroatoms. The number of likely N-dealkylation sites (N-methyl/N-ethyl adjacent to an activating group) is 1. The van der Waals surface area contributed by atoms with Crippen LogP contribution in [0.3, 0.4) is 0 Å². The number of carbonyl (C=O) groups is 1. The maximum atomic E-state index is 13.0. The molecular weight excluding hydrogens is 259 g/mol. The molecule has 5 nitrogen and oxygen atoms in total. The van der Waals surface area contributed by atoms with Crippen LogP contribution in [0.5, 0.6) is 0 Å². The first-order chi connectivity index (χ1) is 9.56. The number of carbonyl (C=O) groups excluding carboxylic acids is 1. The Balaban J connectivity index is 1.86. The number of halogens is 1. The third-order valence-electron chi connectivity index (χ3n) is 3.46. The maximum Gasteiger partial charge on any atom is 0.272 e. The van der Waals surface area contributed by atoms with Crippen LogP contribution >= 0.6 is 0 Å². The highest BCUT2D eigenvalue weighted by molar-refractivity contribution is 5.92. The average molecular weight is 280 g/mol. The summed E-state index contributed by atoms with van der Waals surface area (Å²) in [5.74, 6) is -0.794. The van der Waals surface area contributed by atoms with Crippen molar-refractivity contribution in [1.29, 1.82) is 0 Å². The zero-order valence-electron chi connectivity index (χ0n) is 12.0. The van der Waals surface area contributed by atoms with E-state index in [1.807, 2.05) is 0 Å². The Kier molecular flexibility index (Phi) is 5.03. The summed E-state index contributed by atoms with van der Waals surface area (Å²) >= 11 is 0. The lowest BCUT2D eigenvalue weighted by Crippen LogP contribution is -2.50. The number of piperazine rings is 1. The number of pyridine rings is 1. The van der Waals surface area contributed by atoms with E-state index < -0.39 is 5.95 Å². The van der Waals surface area contributed by atoms with Gasteiger partial charge in [-0.05, 0) is 26.2 Å². The fourth-order valence-corrected chi connectivity index (χ4v) is 2.21. The number of aromatic nitrogens is 1. The van der Waals surface area contributed by atoms with E-state index in [0.717, 1.165) is 26.2 Å². The van der Waals surface area contributed by atoms with Crippen molar-refractivity contribution in [3.05, 3.63) is 29.8 Å². The van der Waals surface area contributed by atoms with Crippen LogP contribution in [0.1, 0.15) is 10.5 Å². The highest BCUT2D eigenvalue weighted by Gasteiger charge is 2.22. The van der Waals surface area contributed by atoms with Gasteiger partial charge in [0.2, 0.25) is 5.95 Å². The first-order valence-electron chi connectivity index (χ1n) is 6.85. The topological polar surface area (TPSA) is 39.7 Å². The molecule has 1 saturated heterocycles. The highest BCUT2D eigenvalue weighted by Crippen LogP contribution is 2.07. The smallest absolute Gasteiger partial charge is 0.272 e. The summed E-state index contributed by atoms with van der Waals surface area (Å²) < 4.78 is 13.0. The quantitative estimate of drug-likeness (QED) is 0.755. The van der Waals surface area contributed by atoms with Crippen molar-refractivity contribution in [1.82, 2.24) is 19.7 Å². The second kappa shape index (κ2) is 6.76. The molecule has 0 aromatic carbocycles. The summed E-state index contributed by atoms with van der Waals surface area (Å²) in [6, 6.07) is 4.32. The molecule has 1 aliphatic heterocycles. The van der Waals surface area contributed by atoms with Gasteiger partial charge < -0.3 is 9.80 Å². The van der Waals surface area contributed by atoms with Gasteiger partial charge in [-0.1, -0.05) is 6.07 Å². The fourth-order valence-electron chi connectivity index (χ4n) is 2.21. The molecule has 0 saturated carbocycles. The van der Waals surface area contributed by atoms with Gasteiger partial charge in [0.15, 0.2) is 0 Å². The molecule has 2 heterocycles. The van der Waals surface area contributed by atoms with Gasteiger partial charge in [-0.15, -0.1) is 0 Å². The molecular formula is C14H21FN4O. The van der Waals surface area contributed by atoms with Gasteiger partial charge in [-0.2, -0.15) is 4.39 Å². The largest absolute Gasteiger partial charge is 0.335 e. The van der Waals surface area contributed by atoms with E-state index in [1.165, 1.54) is 12.1 Å². The molecule has 0 spiro atoms. The van der Waals surface area contributed by atoms with E-state index in [0.29, 0.717) is 13.1 Å². The van der Waals surface area contributed by atoms with Crippen LogP contribution in [0.4, 0.5) is 4.39 Å². The molecule has 0 radical (unpaired) electrons. The number of nitrogens with zero attached hydrogens (tertiary/aromatic N) is 4. The summed E-state index contributed by atoms with van der Waals surface area (Å²) in [6.45, 7) is 5.07. The van der Waals surface area contributed by atoms with E-state index in [2.05, 4.69) is 28.9 Å². The first kappa shape index (κ1) is 14.9. The number of hydrogen-bond acceptors (Lipinski definition) is 4. The minimum absolute atomic E-state index is 0.184. The Hall–Kier alpha value is -1.53. The standard InChI is InChI=1S/C14H21FN4O/c1-17(2)6-7-18-8-10-19(11-9-18)14(20)12-4-3-5-13(15)16-12/h3-5H,6-11H2,1-2H3. The average Bonchev–Trinajstić information content (AvgIpc) is 2.45. The Morgan fingerprint density at radius 2 is 2.00 bits per heavy atom. The van der Waals surface area contributed by atoms with Crippen molar-refractivity contribution < 1.29 is 9.18 Å². The molecule has 0 bridgehead atoms. The SMILES string of the molecule is CN(C)CCN1CCN(C(=O)c2cccc(F)n2)CC1. The Morgan fingerprint density at radius 3 is 2.60 bits per heavy atom. The van der Waals surface area contributed by atoms with Crippen molar-refractivity contribution in [2.45, 2.75) is 0 Å². The van der Waals surface area contributed by atoms with Gasteiger partial charge in [-0.3, -0.25) is 9.69 Å². The van der Waals surface area contributed by atoms with E-state index in [4.69, 9.17) is 0 Å². The number of amides is 1. The summed E-state index contributed by atoms with van der Waals surface area (Å²) in [6.07, 6.45) is 0. The minimum Gasteiger partial charge on any atom is -0.335 e. The van der Waals surface area contributed by atoms with Crippen LogP contribution in [0.2, 0.25) is 0 Å². The molecule has 0 aliphatic carbocycles. The van der Waals surface area contributed by atoms with Crippen LogP contribution in [-0.2, 0) is 0 Å². The van der Waals surface area contributed by atoms with Crippen LogP contribution in [-0.4, -0.2) is 79.0 Å². The lowest BCUT2D eigenvalue weighted by atomic mass is 10.2. The van der Waals surface area contributed by atoms with Gasteiger partial charge in [-0.25, -0.2) is 4.98 Å². The summed E-state index contributed by atoms with van der Waals surface area (Å²) in [5.41, 5.74) is 0.187. The summed E-state index contributed by atoms with van der Waals surface area (Å²) in [4.78, 5) is 22.1. The Labute approximate surface area is 119 Å². The molecule has 2 rings (SSSR count). The molecule has 0 N–H and O–H groups in total. The number of rotatable bonds is 4. The molecule has 110 valence electrons. The molecule has 1 aliphatic rings. The lowest BCUT2D eigenvalue weighted by molar-refractivity contribution is 0.0623. The zero-order valence-corrected chi connectivity index (χ0v) is 12.0. The van der Waals surface area contributed by atoms with Crippen LogP contribution in [0.25, 0.3) is 0 Å². The van der Waals surface area contributed by atoms with Crippen LogP contribution in [0, 0.1) is 5.95 Å². The normalized spacial score (nSPS) is 16.7. The number of hydrogen-bond donors (Lipinski definition) is 0. The molecule has 0 unspecified atom stereocenters. The van der Waals surface area contributed by atoms with E-state index >= 15 is 0 Å². The van der Waals surface area contributed by atoms with Gasteiger partial charge in [0.25, 0.3) is 5.91 Å². The van der Waals surface area contributed by atoms with E-state index in [1.54, 1.807) is 11.0 Å². The van der Waals surface area contributed by atoms with Crippen LogP contribution in [0.15, 0.2) is 18.2 Å². The van der Waals surface area contributed by atoms with E-state index in [-0.39, 0.29) is 11.6 Å². The monoisotopic (exact) mass is 280 g/mol. The lowest BCUT2D eigenvalue weighted by Gasteiger charge is -2.35. The highest BCUT2D eigenvalue weighted by atomic mass is 19.1. The fraction of sp³-hybridized carbons (Fsp3) is 0.571. The third-order valence-corrected chi connectivity index (χ3v) is 3.46. The molecule has 1 aromatic heterocycles. The molecule has 0 atom stereocenters. The van der Waals surface area contributed by atoms with Gasteiger partial charge in [0.1, 0.15) is 5.69 Å². The van der Waals surface area contributed by atoms with Crippen molar-refractivity contribution in [2.75, 3.05) is 53.4 Å². The van der Waals surface area contributed by atoms with Crippen molar-refractivity contribution in [3.8, 4) is 0 Å². The van der Waals surface area contributed by atoms with Gasteiger partial charge in [0.05, 0.1) is 0 Å². The Morgan fingerprint density at radius 1 is 1.30 bits per heavy atom. The first-order valence-corrected chi connectivity index (χ1v) is 6.85. The maximum absolute atomic E-state index is 13.0. The Bertz CT molecular complexity index is 458. The van der Waals surface area contributed by atoms with Crippen molar-refractivity contribution in [2.24, 2.45) is 0 Å². The van der Waals surface area contributed by atoms with Crippen molar-refractivity contribution in [3.63, 3.8) is 0 Å². The zero-order chi connectivity index (χ0) is 14.5. The molecule has 1 fully saturated rings. The van der Waals surface area contributed by atoms with E-state index in [9.17, 15) is 9.18 Å². The van der Waals surface area contributed by atoms with Crippen LogP contribution < -0.4 is 0 Å². The predicted octanol–water partition coefficient (Wildman–Crippen LogP) is 0.540. The summed E-state index contributed by atoms with van der Waals surface area (Å²) in [7, 11) is 4.10. The molecule has 20 heavy (non-hydrogen) atoms.